The quantitative estimate of drug-likeness (QED) is 0.880. The normalized spacial score (nSPS) is 17.8. The topological polar surface area (TPSA) is 61.4 Å². The second kappa shape index (κ2) is 7.56. The van der Waals surface area contributed by atoms with E-state index >= 15 is 0 Å². The van der Waals surface area contributed by atoms with E-state index in [4.69, 9.17) is 0 Å². The van der Waals surface area contributed by atoms with E-state index in [1.54, 1.807) is 6.92 Å². The van der Waals surface area contributed by atoms with Crippen molar-refractivity contribution in [3.05, 3.63) is 35.4 Å². The van der Waals surface area contributed by atoms with Crippen molar-refractivity contribution in [1.82, 2.24) is 15.5 Å². The molecule has 1 aliphatic rings. The van der Waals surface area contributed by atoms with Crippen molar-refractivity contribution >= 4 is 11.8 Å². The molecule has 1 aromatic carbocycles. The number of piperidine rings is 1. The van der Waals surface area contributed by atoms with Crippen molar-refractivity contribution in [3.63, 3.8) is 0 Å². The Hall–Kier alpha value is -1.88. The van der Waals surface area contributed by atoms with E-state index in [1.807, 2.05) is 20.8 Å². The summed E-state index contributed by atoms with van der Waals surface area (Å²) in [6, 6.07) is 8.38. The van der Waals surface area contributed by atoms with Crippen molar-refractivity contribution in [2.45, 2.75) is 58.5 Å². The Morgan fingerprint density at radius 2 is 1.68 bits per heavy atom. The number of hydrogen-bond acceptors (Lipinski definition) is 3. The molecule has 1 saturated heterocycles. The lowest BCUT2D eigenvalue weighted by Gasteiger charge is -2.42. The first-order chi connectivity index (χ1) is 11.6. The Labute approximate surface area is 151 Å². The van der Waals surface area contributed by atoms with Gasteiger partial charge in [-0.3, -0.25) is 14.5 Å². The Bertz CT molecular complexity index is 609. The molecule has 0 saturated carbocycles. The Morgan fingerprint density at radius 1 is 1.12 bits per heavy atom. The van der Waals surface area contributed by atoms with Crippen LogP contribution in [0.5, 0.6) is 0 Å². The van der Waals surface area contributed by atoms with Gasteiger partial charge in [0.05, 0.1) is 12.1 Å². The monoisotopic (exact) mass is 345 g/mol. The van der Waals surface area contributed by atoms with E-state index in [0.717, 1.165) is 31.5 Å². The lowest BCUT2D eigenvalue weighted by atomic mass is 9.80. The first-order valence-electron chi connectivity index (χ1n) is 8.99. The van der Waals surface area contributed by atoms with E-state index < -0.39 is 0 Å². The highest BCUT2D eigenvalue weighted by Gasteiger charge is 2.37. The van der Waals surface area contributed by atoms with Gasteiger partial charge in [0.15, 0.2) is 0 Å². The van der Waals surface area contributed by atoms with Crippen LogP contribution in [0.4, 0.5) is 0 Å². The molecule has 1 fully saturated rings. The van der Waals surface area contributed by atoms with Gasteiger partial charge in [0, 0.05) is 25.6 Å². The van der Waals surface area contributed by atoms with E-state index in [1.165, 1.54) is 5.56 Å². The van der Waals surface area contributed by atoms with Crippen molar-refractivity contribution in [2.75, 3.05) is 19.6 Å². The molecule has 1 heterocycles. The van der Waals surface area contributed by atoms with Crippen molar-refractivity contribution < 1.29 is 9.59 Å². The second-order valence-corrected chi connectivity index (χ2v) is 8.20. The summed E-state index contributed by atoms with van der Waals surface area (Å²) in [5.41, 5.74) is 1.80. The highest BCUT2D eigenvalue weighted by atomic mass is 16.2. The predicted octanol–water partition coefficient (Wildman–Crippen LogP) is 2.34. The van der Waals surface area contributed by atoms with Crippen LogP contribution >= 0.6 is 0 Å². The number of rotatable bonds is 4. The third-order valence-electron chi connectivity index (χ3n) is 4.61. The van der Waals surface area contributed by atoms with Gasteiger partial charge in [0.1, 0.15) is 0 Å². The molecular weight excluding hydrogens is 314 g/mol. The fourth-order valence-electron chi connectivity index (χ4n) is 3.45. The van der Waals surface area contributed by atoms with Gasteiger partial charge in [-0.1, -0.05) is 29.8 Å². The van der Waals surface area contributed by atoms with E-state index in [0.29, 0.717) is 6.54 Å². The van der Waals surface area contributed by atoms with Crippen LogP contribution in [0.15, 0.2) is 24.3 Å². The molecule has 5 heteroatoms. The molecule has 1 aliphatic heterocycles. The van der Waals surface area contributed by atoms with Crippen molar-refractivity contribution in [2.24, 2.45) is 0 Å². The summed E-state index contributed by atoms with van der Waals surface area (Å²) < 4.78 is 0. The molecule has 0 aliphatic carbocycles. The minimum Gasteiger partial charge on any atom is -0.350 e. The smallest absolute Gasteiger partial charge is 0.234 e. The van der Waals surface area contributed by atoms with Crippen LogP contribution in [0.25, 0.3) is 0 Å². The van der Waals surface area contributed by atoms with E-state index in [-0.39, 0.29) is 22.9 Å². The van der Waals surface area contributed by atoms with Gasteiger partial charge in [0.2, 0.25) is 11.8 Å². The van der Waals surface area contributed by atoms with Gasteiger partial charge in [0.25, 0.3) is 0 Å². The zero-order valence-electron chi connectivity index (χ0n) is 16.1. The first-order valence-corrected chi connectivity index (χ1v) is 8.99. The summed E-state index contributed by atoms with van der Waals surface area (Å²) in [4.78, 5) is 26.1. The minimum absolute atomic E-state index is 0.0144. The SMILES string of the molecule is CC(=O)NC1(c2ccc(C)cc2)CCN(CC(=O)NC(C)(C)C)CC1. The summed E-state index contributed by atoms with van der Waals surface area (Å²) in [6.45, 7) is 11.6. The van der Waals surface area contributed by atoms with Gasteiger partial charge >= 0.3 is 0 Å². The van der Waals surface area contributed by atoms with Crippen LogP contribution in [0, 0.1) is 6.92 Å². The summed E-state index contributed by atoms with van der Waals surface area (Å²) in [7, 11) is 0. The van der Waals surface area contributed by atoms with Gasteiger partial charge < -0.3 is 10.6 Å². The molecule has 0 bridgehead atoms. The van der Waals surface area contributed by atoms with Crippen LogP contribution in [-0.4, -0.2) is 41.9 Å². The largest absolute Gasteiger partial charge is 0.350 e. The molecule has 0 aromatic heterocycles. The van der Waals surface area contributed by atoms with Gasteiger partial charge in [-0.2, -0.15) is 0 Å². The minimum atomic E-state index is -0.337. The summed E-state index contributed by atoms with van der Waals surface area (Å²) in [6.07, 6.45) is 1.61. The maximum atomic E-state index is 12.2. The molecule has 0 radical (unpaired) electrons. The third-order valence-corrected chi connectivity index (χ3v) is 4.61. The number of hydrogen-bond donors (Lipinski definition) is 2. The molecule has 2 N–H and O–H groups in total. The number of nitrogens with one attached hydrogen (secondary N) is 2. The van der Waals surface area contributed by atoms with Crippen LogP contribution in [0.3, 0.4) is 0 Å². The highest BCUT2D eigenvalue weighted by Crippen LogP contribution is 2.33. The van der Waals surface area contributed by atoms with E-state index in [9.17, 15) is 9.59 Å². The van der Waals surface area contributed by atoms with Crippen LogP contribution in [0.2, 0.25) is 0 Å². The zero-order valence-corrected chi connectivity index (χ0v) is 16.1. The Morgan fingerprint density at radius 3 is 2.16 bits per heavy atom. The molecular formula is C20H31N3O2. The maximum absolute atomic E-state index is 12.2. The number of carbonyl (C=O) groups is 2. The van der Waals surface area contributed by atoms with Crippen LogP contribution in [0.1, 0.15) is 51.7 Å². The van der Waals surface area contributed by atoms with Crippen LogP contribution in [-0.2, 0) is 15.1 Å². The summed E-state index contributed by atoms with van der Waals surface area (Å²) in [5.74, 6) is 0.0364. The Balaban J connectivity index is 2.05. The van der Waals surface area contributed by atoms with Gasteiger partial charge in [-0.25, -0.2) is 0 Å². The fourth-order valence-corrected chi connectivity index (χ4v) is 3.45. The number of aryl methyl sites for hydroxylation is 1. The molecule has 0 unspecified atom stereocenters. The number of amides is 2. The lowest BCUT2D eigenvalue weighted by molar-refractivity contribution is -0.125. The van der Waals surface area contributed by atoms with Crippen LogP contribution < -0.4 is 10.6 Å². The third kappa shape index (κ3) is 5.56. The molecule has 5 nitrogen and oxygen atoms in total. The molecule has 138 valence electrons. The Kier molecular flexibility index (Phi) is 5.88. The number of likely N-dealkylation sites (tertiary alicyclic amines) is 1. The lowest BCUT2D eigenvalue weighted by Crippen LogP contribution is -2.54. The average molecular weight is 345 g/mol. The molecule has 1 aromatic rings. The summed E-state index contributed by atoms with van der Waals surface area (Å²) >= 11 is 0. The molecule has 2 rings (SSSR count). The number of nitrogens with zero attached hydrogens (tertiary/aromatic N) is 1. The standard InChI is InChI=1S/C20H31N3O2/c1-15-6-8-17(9-7-15)20(21-16(2)24)10-12-23(13-11-20)14-18(25)22-19(3,4)5/h6-9H,10-14H2,1-5H3,(H,21,24)(H,22,25). The highest BCUT2D eigenvalue weighted by molar-refractivity contribution is 5.78. The number of carbonyl (C=O) groups excluding carboxylic acids is 2. The van der Waals surface area contributed by atoms with Crippen molar-refractivity contribution in [3.8, 4) is 0 Å². The maximum Gasteiger partial charge on any atom is 0.234 e. The predicted molar refractivity (Wildman–Crippen MR) is 100 cm³/mol. The average Bonchev–Trinajstić information content (AvgIpc) is 2.47. The molecule has 25 heavy (non-hydrogen) atoms. The molecule has 2 amide bonds. The van der Waals surface area contributed by atoms with Gasteiger partial charge in [-0.15, -0.1) is 0 Å². The summed E-state index contributed by atoms with van der Waals surface area (Å²) in [5, 5.41) is 6.18. The van der Waals surface area contributed by atoms with E-state index in [2.05, 4.69) is 46.7 Å². The fraction of sp³-hybridized carbons (Fsp3) is 0.600. The zero-order chi connectivity index (χ0) is 18.7. The van der Waals surface area contributed by atoms with Gasteiger partial charge in [-0.05, 0) is 46.1 Å². The van der Waals surface area contributed by atoms with Crippen molar-refractivity contribution in [1.29, 1.82) is 0 Å². The number of benzene rings is 1. The second-order valence-electron chi connectivity index (χ2n) is 8.20. The first kappa shape index (κ1) is 19.4. The molecule has 0 atom stereocenters. The molecule has 0 spiro atoms.